The number of ether oxygens (including phenoxy) is 1. The van der Waals surface area contributed by atoms with Crippen LogP contribution in [-0.2, 0) is 6.18 Å². The van der Waals surface area contributed by atoms with Crippen LogP contribution in [0, 0.1) is 5.41 Å². The molecule has 3 saturated heterocycles. The topological polar surface area (TPSA) is 44.7 Å². The van der Waals surface area contributed by atoms with Crippen molar-refractivity contribution in [1.82, 2.24) is 14.9 Å². The molecule has 3 aliphatic heterocycles. The van der Waals surface area contributed by atoms with E-state index in [-0.39, 0.29) is 33.9 Å². The van der Waals surface area contributed by atoms with Gasteiger partial charge in [0.2, 0.25) is 0 Å². The zero-order chi connectivity index (χ0) is 36.2. The van der Waals surface area contributed by atoms with Gasteiger partial charge in [0.15, 0.2) is 5.83 Å². The van der Waals surface area contributed by atoms with Crippen molar-refractivity contribution in [2.45, 2.75) is 44.7 Å². The Morgan fingerprint density at radius 2 is 1.52 bits per heavy atom. The van der Waals surface area contributed by atoms with Crippen LogP contribution < -0.4 is 41.9 Å². The first-order valence-electron chi connectivity index (χ1n) is 17.3. The summed E-state index contributed by atoms with van der Waals surface area (Å²) in [4.78, 5) is 13.6. The van der Waals surface area contributed by atoms with Crippen molar-refractivity contribution in [3.63, 3.8) is 0 Å². The number of benzene rings is 2. The number of anilines is 2. The van der Waals surface area contributed by atoms with E-state index in [9.17, 15) is 8.78 Å². The third-order valence-corrected chi connectivity index (χ3v) is 11.3. The molecule has 6 rings (SSSR count). The summed E-state index contributed by atoms with van der Waals surface area (Å²) in [5.74, 6) is -3.69. The maximum atomic E-state index is 16.1. The Labute approximate surface area is 294 Å². The fourth-order valence-corrected chi connectivity index (χ4v) is 7.79. The van der Waals surface area contributed by atoms with Gasteiger partial charge in [0.1, 0.15) is 67.8 Å². The van der Waals surface area contributed by atoms with Crippen molar-refractivity contribution in [1.29, 1.82) is 0 Å². The lowest BCUT2D eigenvalue weighted by Gasteiger charge is -2.49. The molecule has 0 N–H and O–H groups in total. The highest BCUT2D eigenvalue weighted by atomic mass is 19.4. The van der Waals surface area contributed by atoms with Gasteiger partial charge in [-0.15, -0.1) is 5.46 Å². The summed E-state index contributed by atoms with van der Waals surface area (Å²) in [6.07, 6.45) is 1.95. The van der Waals surface area contributed by atoms with Crippen LogP contribution in [0.2, 0.25) is 0 Å². The third-order valence-electron chi connectivity index (χ3n) is 11.3. The van der Waals surface area contributed by atoms with Crippen molar-refractivity contribution in [3.8, 4) is 11.5 Å². The molecular weight excluding hydrogens is 650 g/mol. The van der Waals surface area contributed by atoms with Crippen LogP contribution in [0.15, 0.2) is 24.5 Å². The van der Waals surface area contributed by atoms with E-state index in [2.05, 4.69) is 21.8 Å². The Kier molecular flexibility index (Phi) is 9.86. The highest BCUT2D eigenvalue weighted by Gasteiger charge is 2.46. The number of nitrogens with zero attached hydrogens (tertiary/aromatic N) is 5. The standard InChI is InChI=1S/C33H40B5F6N5O/c1-2-47-10-7-31(8-11-47)6-3-9-48(15-31)29-18(12-19(39)20-13-45-14-22(46-20)49-16-32(40,41)17-49)4-5-21(23(29)33(42,43)44)50-30-27(37)25(35)24(34)26(36)28(30)38/h4-5,12-14H,2-3,6-11,15-17,34-38H2,1H3/b19-12-. The van der Waals surface area contributed by atoms with Crippen LogP contribution in [0.5, 0.6) is 11.5 Å². The third kappa shape index (κ3) is 7.03. The fraction of sp³-hybridized carbons (Fsp3) is 0.455. The second-order valence-electron chi connectivity index (χ2n) is 14.4. The van der Waals surface area contributed by atoms with Gasteiger partial charge in [-0.1, -0.05) is 28.8 Å². The predicted molar refractivity (Wildman–Crippen MR) is 202 cm³/mol. The molecule has 1 aromatic heterocycles. The molecule has 260 valence electrons. The van der Waals surface area contributed by atoms with Crippen molar-refractivity contribution in [2.75, 3.05) is 55.6 Å². The van der Waals surface area contributed by atoms with Crippen LogP contribution in [-0.4, -0.2) is 106 Å². The molecule has 50 heavy (non-hydrogen) atoms. The van der Waals surface area contributed by atoms with Gasteiger partial charge in [-0.05, 0) is 68.9 Å². The molecule has 17 heteroatoms. The molecular formula is C33H40B5F6N5O. The SMILES string of the molecule is Bc1c(B)c(B)c(Oc2ccc(/C=C(\F)c3cncc(N4CC(F)(F)C4)n3)c(N3CCCC4(CCN(CC)CC4)C3)c2C(F)(F)F)c(B)c1B. The van der Waals surface area contributed by atoms with E-state index in [4.69, 9.17) is 4.74 Å². The van der Waals surface area contributed by atoms with Gasteiger partial charge in [0.25, 0.3) is 5.92 Å². The van der Waals surface area contributed by atoms with Gasteiger partial charge >= 0.3 is 6.18 Å². The number of likely N-dealkylation sites (tertiary alicyclic amines) is 1. The molecule has 1 spiro atoms. The van der Waals surface area contributed by atoms with Crippen LogP contribution in [0.4, 0.5) is 37.8 Å². The highest BCUT2D eigenvalue weighted by molar-refractivity contribution is 6.67. The van der Waals surface area contributed by atoms with E-state index >= 15 is 17.6 Å². The molecule has 6 nitrogen and oxygen atoms in total. The lowest BCUT2D eigenvalue weighted by atomic mass is 9.62. The average Bonchev–Trinajstić information content (AvgIpc) is 3.07. The second kappa shape index (κ2) is 13.6. The summed E-state index contributed by atoms with van der Waals surface area (Å²) in [6.45, 7) is 4.43. The minimum Gasteiger partial charge on any atom is -0.458 e. The Hall–Kier alpha value is -3.48. The van der Waals surface area contributed by atoms with Gasteiger partial charge in [0.05, 0.1) is 31.2 Å². The lowest BCUT2D eigenvalue weighted by molar-refractivity contribution is -0.138. The van der Waals surface area contributed by atoms with E-state index in [0.29, 0.717) is 25.3 Å². The summed E-state index contributed by atoms with van der Waals surface area (Å²) in [6, 6.07) is 2.73. The zero-order valence-electron chi connectivity index (χ0n) is 29.6. The second-order valence-corrected chi connectivity index (χ2v) is 14.4. The molecule has 0 bridgehead atoms. The minimum atomic E-state index is -4.85. The predicted octanol–water partition coefficient (Wildman–Crippen LogP) is -0.795. The molecule has 3 aromatic rings. The van der Waals surface area contributed by atoms with Crippen LogP contribution in [0.25, 0.3) is 11.9 Å². The number of hydrogen-bond acceptors (Lipinski definition) is 6. The van der Waals surface area contributed by atoms with Gasteiger partial charge in [-0.3, -0.25) is 4.98 Å². The van der Waals surface area contributed by atoms with E-state index < -0.39 is 36.6 Å². The van der Waals surface area contributed by atoms with Crippen LogP contribution >= 0.6 is 0 Å². The summed E-state index contributed by atoms with van der Waals surface area (Å²) >= 11 is 0. The normalized spacial score (nSPS) is 19.5. The largest absolute Gasteiger partial charge is 0.458 e. The molecule has 0 aliphatic carbocycles. The van der Waals surface area contributed by atoms with E-state index in [0.717, 1.165) is 78.5 Å². The monoisotopic (exact) mass is 691 g/mol. The van der Waals surface area contributed by atoms with E-state index in [1.165, 1.54) is 23.2 Å². The number of alkyl halides is 5. The molecule has 0 unspecified atom stereocenters. The Bertz CT molecular complexity index is 1780. The Morgan fingerprint density at radius 3 is 2.12 bits per heavy atom. The first-order valence-corrected chi connectivity index (χ1v) is 17.3. The molecule has 0 atom stereocenters. The quantitative estimate of drug-likeness (QED) is 0.240. The maximum absolute atomic E-state index is 16.1. The molecule has 0 amide bonds. The molecule has 4 heterocycles. The van der Waals surface area contributed by atoms with Crippen molar-refractivity contribution < 1.29 is 31.1 Å². The summed E-state index contributed by atoms with van der Waals surface area (Å²) in [5, 5.41) is 0. The van der Waals surface area contributed by atoms with Gasteiger partial charge in [0, 0.05) is 18.7 Å². The number of aromatic nitrogens is 2. The van der Waals surface area contributed by atoms with Crippen LogP contribution in [0.3, 0.4) is 0 Å². The lowest BCUT2D eigenvalue weighted by Crippen LogP contribution is -2.56. The first kappa shape index (κ1) is 36.3. The number of halogens is 6. The van der Waals surface area contributed by atoms with E-state index in [1.54, 1.807) is 4.90 Å². The zero-order valence-corrected chi connectivity index (χ0v) is 29.6. The minimum absolute atomic E-state index is 0.0256. The average molecular weight is 691 g/mol. The molecule has 0 radical (unpaired) electrons. The molecule has 3 fully saturated rings. The highest BCUT2D eigenvalue weighted by Crippen LogP contribution is 2.49. The smallest absolute Gasteiger partial charge is 0.422 e. The Morgan fingerprint density at radius 1 is 0.880 bits per heavy atom. The number of rotatable bonds is 7. The summed E-state index contributed by atoms with van der Waals surface area (Å²) < 4.78 is 95.9. The van der Waals surface area contributed by atoms with Crippen molar-refractivity contribution in [2.24, 2.45) is 5.41 Å². The molecule has 2 aromatic carbocycles. The van der Waals surface area contributed by atoms with Crippen molar-refractivity contribution in [3.05, 3.63) is 41.3 Å². The summed E-state index contributed by atoms with van der Waals surface area (Å²) in [7, 11) is 9.54. The number of piperidine rings is 2. The van der Waals surface area contributed by atoms with Gasteiger partial charge in [-0.2, -0.15) is 13.2 Å². The van der Waals surface area contributed by atoms with E-state index in [1.807, 2.05) is 39.2 Å². The van der Waals surface area contributed by atoms with Crippen molar-refractivity contribution >= 4 is 90.0 Å². The Balaban J connectivity index is 1.48. The first-order chi connectivity index (χ1) is 23.5. The van der Waals surface area contributed by atoms with Gasteiger partial charge < -0.3 is 19.4 Å². The molecule has 0 saturated carbocycles. The van der Waals surface area contributed by atoms with Crippen LogP contribution in [0.1, 0.15) is 49.4 Å². The number of hydrogen-bond donors (Lipinski definition) is 0. The molecule has 3 aliphatic rings. The van der Waals surface area contributed by atoms with Gasteiger partial charge in [-0.25, -0.2) is 18.2 Å². The fourth-order valence-electron chi connectivity index (χ4n) is 7.79. The maximum Gasteiger partial charge on any atom is 0.422 e. The summed E-state index contributed by atoms with van der Waals surface area (Å²) in [5.41, 5.74) is 2.98.